The summed E-state index contributed by atoms with van der Waals surface area (Å²) in [4.78, 5) is 23.7. The number of thioether (sulfide) groups is 1. The molecule has 0 unspecified atom stereocenters. The zero-order valence-electron chi connectivity index (χ0n) is 13.2. The van der Waals surface area contributed by atoms with Gasteiger partial charge in [-0.05, 0) is 50.3 Å². The first-order valence-electron chi connectivity index (χ1n) is 7.85. The number of aryl methyl sites for hydroxylation is 4. The van der Waals surface area contributed by atoms with E-state index in [1.807, 2.05) is 0 Å². The van der Waals surface area contributed by atoms with Gasteiger partial charge in [-0.1, -0.05) is 17.7 Å². The highest BCUT2D eigenvalue weighted by molar-refractivity contribution is 7.98. The topological polar surface area (TPSA) is 45.8 Å². The van der Waals surface area contributed by atoms with Gasteiger partial charge in [-0.2, -0.15) is 0 Å². The molecule has 2 heterocycles. The normalized spacial score (nSPS) is 13.7. The predicted octanol–water partition coefficient (Wildman–Crippen LogP) is 4.38. The van der Waals surface area contributed by atoms with Crippen LogP contribution >= 0.6 is 23.1 Å². The van der Waals surface area contributed by atoms with E-state index < -0.39 is 0 Å². The van der Waals surface area contributed by atoms with Gasteiger partial charge < -0.3 is 4.98 Å². The Bertz CT molecular complexity index is 956. The number of H-pyrrole nitrogens is 1. The van der Waals surface area contributed by atoms with Crippen molar-refractivity contribution in [3.63, 3.8) is 0 Å². The van der Waals surface area contributed by atoms with Crippen LogP contribution in [0.5, 0.6) is 0 Å². The minimum Gasteiger partial charge on any atom is -0.309 e. The molecule has 0 fully saturated rings. The summed E-state index contributed by atoms with van der Waals surface area (Å²) >= 11 is 3.44. The number of fused-ring (bicyclic) bond motifs is 3. The van der Waals surface area contributed by atoms with Crippen molar-refractivity contribution in [2.75, 3.05) is 0 Å². The quantitative estimate of drug-likeness (QED) is 0.718. The minimum absolute atomic E-state index is 0.0333. The van der Waals surface area contributed by atoms with Crippen LogP contribution in [0.25, 0.3) is 10.2 Å². The third-order valence-corrected chi connectivity index (χ3v) is 6.69. The molecule has 2 aromatic heterocycles. The van der Waals surface area contributed by atoms with Crippen molar-refractivity contribution in [2.45, 2.75) is 43.8 Å². The van der Waals surface area contributed by atoms with E-state index in [0.29, 0.717) is 5.75 Å². The number of thiophene rings is 1. The molecule has 0 amide bonds. The minimum atomic E-state index is 0.0333. The summed E-state index contributed by atoms with van der Waals surface area (Å²) in [5, 5.41) is 0.836. The van der Waals surface area contributed by atoms with E-state index in [1.165, 1.54) is 32.9 Å². The Balaban J connectivity index is 1.65. The first-order valence-corrected chi connectivity index (χ1v) is 9.65. The van der Waals surface area contributed by atoms with Gasteiger partial charge in [0.05, 0.1) is 11.1 Å². The molecule has 5 heteroatoms. The van der Waals surface area contributed by atoms with Gasteiger partial charge in [0, 0.05) is 9.77 Å². The predicted molar refractivity (Wildman–Crippen MR) is 97.7 cm³/mol. The van der Waals surface area contributed by atoms with E-state index in [0.717, 1.165) is 28.9 Å². The first kappa shape index (κ1) is 15.0. The fourth-order valence-corrected chi connectivity index (χ4v) is 5.40. The molecular formula is C18H18N2OS2. The average Bonchev–Trinajstić information content (AvgIpc) is 3.08. The smallest absolute Gasteiger partial charge is 0.259 e. The van der Waals surface area contributed by atoms with E-state index in [4.69, 9.17) is 4.98 Å². The van der Waals surface area contributed by atoms with Gasteiger partial charge in [0.15, 0.2) is 0 Å². The molecule has 0 atom stereocenters. The Kier molecular flexibility index (Phi) is 3.77. The maximum Gasteiger partial charge on any atom is 0.259 e. The fraction of sp³-hybridized carbons (Fsp3) is 0.333. The summed E-state index contributed by atoms with van der Waals surface area (Å²) in [6.07, 6.45) is 3.29. The second-order valence-electron chi connectivity index (χ2n) is 6.11. The standard InChI is InChI=1S/C18H18N2OS2/c1-10-6-7-11(2)14(8-10)22-9-15-19-17(21)16-12-4-3-5-13(12)23-18(16)20-15/h6-8H,3-5,9H2,1-2H3,(H,19,20,21). The summed E-state index contributed by atoms with van der Waals surface area (Å²) < 4.78 is 0. The molecule has 0 aliphatic heterocycles. The van der Waals surface area contributed by atoms with Gasteiger partial charge in [0.1, 0.15) is 10.7 Å². The molecule has 4 rings (SSSR count). The number of aromatic nitrogens is 2. The number of hydrogen-bond acceptors (Lipinski definition) is 4. The highest BCUT2D eigenvalue weighted by Gasteiger charge is 2.21. The molecule has 0 radical (unpaired) electrons. The van der Waals surface area contributed by atoms with Crippen LogP contribution in [-0.2, 0) is 18.6 Å². The maximum absolute atomic E-state index is 12.5. The molecule has 118 valence electrons. The number of benzene rings is 1. The van der Waals surface area contributed by atoms with E-state index in [1.54, 1.807) is 23.1 Å². The lowest BCUT2D eigenvalue weighted by atomic mass is 10.2. The zero-order valence-corrected chi connectivity index (χ0v) is 14.9. The molecule has 3 nitrogen and oxygen atoms in total. The van der Waals surface area contributed by atoms with Crippen LogP contribution in [0.1, 0.15) is 33.8 Å². The molecule has 0 saturated carbocycles. The van der Waals surface area contributed by atoms with Gasteiger partial charge in [-0.15, -0.1) is 23.1 Å². The van der Waals surface area contributed by atoms with Crippen LogP contribution in [0.4, 0.5) is 0 Å². The van der Waals surface area contributed by atoms with Crippen molar-refractivity contribution in [2.24, 2.45) is 0 Å². The van der Waals surface area contributed by atoms with Crippen LogP contribution in [0, 0.1) is 13.8 Å². The van der Waals surface area contributed by atoms with E-state index in [9.17, 15) is 4.79 Å². The Hall–Kier alpha value is -1.59. The summed E-state index contributed by atoms with van der Waals surface area (Å²) in [6.45, 7) is 4.22. The highest BCUT2D eigenvalue weighted by Crippen LogP contribution is 2.35. The number of aromatic amines is 1. The van der Waals surface area contributed by atoms with Gasteiger partial charge in [-0.3, -0.25) is 4.79 Å². The number of hydrogen-bond donors (Lipinski definition) is 1. The largest absolute Gasteiger partial charge is 0.309 e. The molecule has 1 aromatic carbocycles. The third-order valence-electron chi connectivity index (χ3n) is 4.33. The Morgan fingerprint density at radius 2 is 2.17 bits per heavy atom. The number of nitrogens with zero attached hydrogens (tertiary/aromatic N) is 1. The highest BCUT2D eigenvalue weighted by atomic mass is 32.2. The van der Waals surface area contributed by atoms with Gasteiger partial charge >= 0.3 is 0 Å². The molecule has 1 N–H and O–H groups in total. The van der Waals surface area contributed by atoms with Crippen molar-refractivity contribution < 1.29 is 0 Å². The summed E-state index contributed by atoms with van der Waals surface area (Å²) in [7, 11) is 0. The lowest BCUT2D eigenvalue weighted by Crippen LogP contribution is -2.11. The monoisotopic (exact) mass is 342 g/mol. The van der Waals surface area contributed by atoms with E-state index in [2.05, 4.69) is 37.0 Å². The van der Waals surface area contributed by atoms with E-state index >= 15 is 0 Å². The van der Waals surface area contributed by atoms with Gasteiger partial charge in [-0.25, -0.2) is 4.98 Å². The number of nitrogens with one attached hydrogen (secondary N) is 1. The Morgan fingerprint density at radius 1 is 1.30 bits per heavy atom. The second kappa shape index (κ2) is 5.80. The lowest BCUT2D eigenvalue weighted by molar-refractivity contribution is 0.916. The van der Waals surface area contributed by atoms with Crippen LogP contribution < -0.4 is 5.56 Å². The Morgan fingerprint density at radius 3 is 3.04 bits per heavy atom. The molecule has 0 saturated heterocycles. The van der Waals surface area contributed by atoms with E-state index in [-0.39, 0.29) is 5.56 Å². The van der Waals surface area contributed by atoms with Crippen molar-refractivity contribution in [1.82, 2.24) is 9.97 Å². The van der Waals surface area contributed by atoms with Crippen LogP contribution in [0.2, 0.25) is 0 Å². The van der Waals surface area contributed by atoms with Crippen LogP contribution in [0.15, 0.2) is 27.9 Å². The second-order valence-corrected chi connectivity index (χ2v) is 8.21. The van der Waals surface area contributed by atoms with Crippen molar-refractivity contribution >= 4 is 33.3 Å². The van der Waals surface area contributed by atoms with Crippen molar-refractivity contribution in [3.8, 4) is 0 Å². The molecule has 23 heavy (non-hydrogen) atoms. The molecule has 1 aliphatic carbocycles. The maximum atomic E-state index is 12.5. The zero-order chi connectivity index (χ0) is 16.0. The van der Waals surface area contributed by atoms with Crippen LogP contribution in [-0.4, -0.2) is 9.97 Å². The van der Waals surface area contributed by atoms with Gasteiger partial charge in [0.2, 0.25) is 0 Å². The number of rotatable bonds is 3. The SMILES string of the molecule is Cc1ccc(C)c(SCc2nc3sc4c(c3c(=O)[nH]2)CCC4)c1. The molecular weight excluding hydrogens is 324 g/mol. The fourth-order valence-electron chi connectivity index (χ4n) is 3.12. The third kappa shape index (κ3) is 2.72. The van der Waals surface area contributed by atoms with Crippen LogP contribution in [0.3, 0.4) is 0 Å². The van der Waals surface area contributed by atoms with Crippen molar-refractivity contribution in [1.29, 1.82) is 0 Å². The summed E-state index contributed by atoms with van der Waals surface area (Å²) in [5.74, 6) is 1.46. The summed E-state index contributed by atoms with van der Waals surface area (Å²) in [5.41, 5.74) is 3.79. The molecule has 1 aliphatic rings. The molecule has 0 bridgehead atoms. The molecule has 3 aromatic rings. The first-order chi connectivity index (χ1) is 11.1. The average molecular weight is 342 g/mol. The Labute approximate surface area is 143 Å². The van der Waals surface area contributed by atoms with Gasteiger partial charge in [0.25, 0.3) is 5.56 Å². The summed E-state index contributed by atoms with van der Waals surface area (Å²) in [6, 6.07) is 6.45. The lowest BCUT2D eigenvalue weighted by Gasteiger charge is -2.06. The molecule has 0 spiro atoms. The van der Waals surface area contributed by atoms with Crippen molar-refractivity contribution in [3.05, 3.63) is 55.9 Å².